The fourth-order valence-corrected chi connectivity index (χ4v) is 2.82. The van der Waals surface area contributed by atoms with Gasteiger partial charge < -0.3 is 9.84 Å². The number of carbonyl (C=O) groups excluding carboxylic acids is 1. The summed E-state index contributed by atoms with van der Waals surface area (Å²) in [6, 6.07) is 6.99. The summed E-state index contributed by atoms with van der Waals surface area (Å²) < 4.78 is 4.51. The van der Waals surface area contributed by atoms with E-state index in [1.807, 2.05) is 0 Å². The number of anilines is 1. The van der Waals surface area contributed by atoms with Gasteiger partial charge in [-0.15, -0.1) is 0 Å². The average Bonchev–Trinajstić information content (AvgIpc) is 2.48. The molecule has 0 unspecified atom stereocenters. The molecule has 1 amide bonds. The highest BCUT2D eigenvalue weighted by Crippen LogP contribution is 2.40. The highest BCUT2D eigenvalue weighted by atomic mass is 16.5. The number of aliphatic carboxylic acids is 1. The van der Waals surface area contributed by atoms with Crippen molar-refractivity contribution in [3.8, 4) is 0 Å². The van der Waals surface area contributed by atoms with Crippen LogP contribution in [0.5, 0.6) is 0 Å². The maximum absolute atomic E-state index is 11.7. The van der Waals surface area contributed by atoms with Crippen molar-refractivity contribution in [2.45, 2.75) is 37.5 Å². The Hall–Kier alpha value is -2.04. The van der Waals surface area contributed by atoms with Gasteiger partial charge in [0.2, 0.25) is 0 Å². The van der Waals surface area contributed by atoms with Crippen LogP contribution in [0.25, 0.3) is 0 Å². The summed E-state index contributed by atoms with van der Waals surface area (Å²) in [5.74, 6) is -0.758. The molecule has 0 aromatic heterocycles. The minimum atomic E-state index is -0.776. The Morgan fingerprint density at radius 3 is 2.25 bits per heavy atom. The number of rotatable bonds is 3. The SMILES string of the molecule is COC(=O)Nc1ccc(C2(C(=O)O)CCCCC2)cc1. The van der Waals surface area contributed by atoms with E-state index in [-0.39, 0.29) is 0 Å². The van der Waals surface area contributed by atoms with Crippen molar-refractivity contribution in [1.29, 1.82) is 0 Å². The number of ether oxygens (including phenoxy) is 1. The first-order chi connectivity index (χ1) is 9.58. The summed E-state index contributed by atoms with van der Waals surface area (Å²) in [5.41, 5.74) is 0.624. The van der Waals surface area contributed by atoms with E-state index in [2.05, 4.69) is 10.1 Å². The molecule has 0 saturated heterocycles. The lowest BCUT2D eigenvalue weighted by atomic mass is 9.69. The van der Waals surface area contributed by atoms with Gasteiger partial charge in [-0.05, 0) is 30.5 Å². The molecule has 5 nitrogen and oxygen atoms in total. The first-order valence-electron chi connectivity index (χ1n) is 6.77. The van der Waals surface area contributed by atoms with Gasteiger partial charge in [0, 0.05) is 5.69 Å². The van der Waals surface area contributed by atoms with Crippen molar-refractivity contribution in [3.05, 3.63) is 29.8 Å². The van der Waals surface area contributed by atoms with Crippen LogP contribution in [0.15, 0.2) is 24.3 Å². The van der Waals surface area contributed by atoms with Gasteiger partial charge >= 0.3 is 12.1 Å². The first-order valence-corrected chi connectivity index (χ1v) is 6.77. The van der Waals surface area contributed by atoms with Gasteiger partial charge in [-0.3, -0.25) is 10.1 Å². The summed E-state index contributed by atoms with van der Waals surface area (Å²) >= 11 is 0. The summed E-state index contributed by atoms with van der Waals surface area (Å²) in [7, 11) is 1.30. The van der Waals surface area contributed by atoms with Crippen LogP contribution in [-0.4, -0.2) is 24.3 Å². The van der Waals surface area contributed by atoms with Crippen molar-refractivity contribution < 1.29 is 19.4 Å². The predicted molar refractivity (Wildman–Crippen MR) is 74.9 cm³/mol. The zero-order valence-corrected chi connectivity index (χ0v) is 11.5. The number of carbonyl (C=O) groups is 2. The largest absolute Gasteiger partial charge is 0.481 e. The quantitative estimate of drug-likeness (QED) is 0.889. The van der Waals surface area contributed by atoms with Crippen molar-refractivity contribution >= 4 is 17.7 Å². The van der Waals surface area contributed by atoms with Crippen molar-refractivity contribution in [2.24, 2.45) is 0 Å². The third-order valence-electron chi connectivity index (χ3n) is 3.99. The average molecular weight is 277 g/mol. The second kappa shape index (κ2) is 5.94. The third-order valence-corrected chi connectivity index (χ3v) is 3.99. The van der Waals surface area contributed by atoms with Gasteiger partial charge in [0.05, 0.1) is 12.5 Å². The van der Waals surface area contributed by atoms with Gasteiger partial charge in [0.15, 0.2) is 0 Å². The molecule has 0 heterocycles. The molecule has 1 saturated carbocycles. The lowest BCUT2D eigenvalue weighted by molar-refractivity contribution is -0.145. The smallest absolute Gasteiger partial charge is 0.411 e. The number of hydrogen-bond donors (Lipinski definition) is 2. The molecule has 0 atom stereocenters. The third kappa shape index (κ3) is 2.76. The summed E-state index contributed by atoms with van der Waals surface area (Å²) in [5, 5.41) is 12.2. The summed E-state index contributed by atoms with van der Waals surface area (Å²) in [6.45, 7) is 0. The van der Waals surface area contributed by atoms with Gasteiger partial charge in [-0.2, -0.15) is 0 Å². The Balaban J connectivity index is 2.22. The van der Waals surface area contributed by atoms with Crippen LogP contribution in [0.2, 0.25) is 0 Å². The van der Waals surface area contributed by atoms with Gasteiger partial charge in [-0.25, -0.2) is 4.79 Å². The van der Waals surface area contributed by atoms with Crippen LogP contribution >= 0.6 is 0 Å². The molecule has 0 bridgehead atoms. The molecule has 0 aliphatic heterocycles. The van der Waals surface area contributed by atoms with Gasteiger partial charge in [0.1, 0.15) is 0 Å². The Bertz CT molecular complexity index is 489. The van der Waals surface area contributed by atoms with E-state index in [1.165, 1.54) is 7.11 Å². The van der Waals surface area contributed by atoms with Crippen molar-refractivity contribution in [2.75, 3.05) is 12.4 Å². The van der Waals surface area contributed by atoms with Crippen molar-refractivity contribution in [3.63, 3.8) is 0 Å². The molecule has 20 heavy (non-hydrogen) atoms. The number of amides is 1. The van der Waals surface area contributed by atoms with E-state index in [1.54, 1.807) is 24.3 Å². The zero-order valence-electron chi connectivity index (χ0n) is 11.5. The second-order valence-corrected chi connectivity index (χ2v) is 5.14. The van der Waals surface area contributed by atoms with Crippen LogP contribution in [0, 0.1) is 0 Å². The number of methoxy groups -OCH3 is 1. The molecule has 5 heteroatoms. The summed E-state index contributed by atoms with van der Waals surface area (Å²) in [6.07, 6.45) is 3.78. The number of carboxylic acids is 1. The molecule has 108 valence electrons. The Kier molecular flexibility index (Phi) is 4.27. The highest BCUT2D eigenvalue weighted by Gasteiger charge is 2.41. The molecular formula is C15H19NO4. The van der Waals surface area contributed by atoms with E-state index in [9.17, 15) is 14.7 Å². The number of benzene rings is 1. The minimum absolute atomic E-state index is 0.539. The molecule has 1 aliphatic carbocycles. The Morgan fingerprint density at radius 1 is 1.15 bits per heavy atom. The number of carboxylic acid groups (broad SMARTS) is 1. The van der Waals surface area contributed by atoms with E-state index >= 15 is 0 Å². The second-order valence-electron chi connectivity index (χ2n) is 5.14. The normalized spacial score (nSPS) is 17.2. The van der Waals surface area contributed by atoms with Gasteiger partial charge in [0.25, 0.3) is 0 Å². The standard InChI is InChI=1S/C15H19NO4/c1-20-14(19)16-12-7-5-11(6-8-12)15(13(17)18)9-3-2-4-10-15/h5-8H,2-4,9-10H2,1H3,(H,16,19)(H,17,18). The number of nitrogens with one attached hydrogen (secondary N) is 1. The number of hydrogen-bond acceptors (Lipinski definition) is 3. The lowest BCUT2D eigenvalue weighted by Gasteiger charge is -2.33. The van der Waals surface area contributed by atoms with E-state index in [4.69, 9.17) is 0 Å². The van der Waals surface area contributed by atoms with Crippen LogP contribution in [0.3, 0.4) is 0 Å². The zero-order chi connectivity index (χ0) is 14.6. The Labute approximate surface area is 117 Å². The van der Waals surface area contributed by atoms with Crippen LogP contribution < -0.4 is 5.32 Å². The predicted octanol–water partition coefficient (Wildman–Crippen LogP) is 3.15. The van der Waals surface area contributed by atoms with Crippen LogP contribution in [-0.2, 0) is 14.9 Å². The molecular weight excluding hydrogens is 258 g/mol. The maximum atomic E-state index is 11.7. The molecule has 1 fully saturated rings. The molecule has 0 spiro atoms. The van der Waals surface area contributed by atoms with E-state index < -0.39 is 17.5 Å². The maximum Gasteiger partial charge on any atom is 0.411 e. The summed E-state index contributed by atoms with van der Waals surface area (Å²) in [4.78, 5) is 22.8. The molecule has 1 aliphatic rings. The van der Waals surface area contributed by atoms with E-state index in [0.717, 1.165) is 24.8 Å². The van der Waals surface area contributed by atoms with Crippen LogP contribution in [0.1, 0.15) is 37.7 Å². The molecule has 0 radical (unpaired) electrons. The molecule has 2 rings (SSSR count). The van der Waals surface area contributed by atoms with Crippen LogP contribution in [0.4, 0.5) is 10.5 Å². The fraction of sp³-hybridized carbons (Fsp3) is 0.467. The van der Waals surface area contributed by atoms with E-state index in [0.29, 0.717) is 18.5 Å². The van der Waals surface area contributed by atoms with Crippen molar-refractivity contribution in [1.82, 2.24) is 0 Å². The monoisotopic (exact) mass is 277 g/mol. The first kappa shape index (κ1) is 14.4. The molecule has 1 aromatic rings. The Morgan fingerprint density at radius 2 is 1.75 bits per heavy atom. The minimum Gasteiger partial charge on any atom is -0.481 e. The molecule has 2 N–H and O–H groups in total. The topological polar surface area (TPSA) is 75.6 Å². The molecule has 1 aromatic carbocycles. The fourth-order valence-electron chi connectivity index (χ4n) is 2.82. The lowest BCUT2D eigenvalue weighted by Crippen LogP contribution is -2.37. The highest BCUT2D eigenvalue weighted by molar-refractivity contribution is 5.85. The van der Waals surface area contributed by atoms with Gasteiger partial charge in [-0.1, -0.05) is 31.4 Å².